The van der Waals surface area contributed by atoms with Crippen molar-refractivity contribution >= 4 is 11.6 Å². The molecule has 3 nitrogen and oxygen atoms in total. The summed E-state index contributed by atoms with van der Waals surface area (Å²) in [5.74, 6) is 0.800. The van der Waals surface area contributed by atoms with Crippen LogP contribution in [0.5, 0.6) is 5.75 Å². The molecule has 18 heavy (non-hydrogen) atoms. The van der Waals surface area contributed by atoms with E-state index in [9.17, 15) is 0 Å². The van der Waals surface area contributed by atoms with Crippen molar-refractivity contribution in [3.63, 3.8) is 0 Å². The zero-order valence-electron chi connectivity index (χ0n) is 10.5. The number of halogens is 1. The average Bonchev–Trinajstić information content (AvgIpc) is 3.09. The van der Waals surface area contributed by atoms with Crippen LogP contribution in [-0.4, -0.2) is 23.2 Å². The third-order valence-corrected chi connectivity index (χ3v) is 4.08. The highest BCUT2D eigenvalue weighted by Gasteiger charge is 2.39. The van der Waals surface area contributed by atoms with E-state index in [0.717, 1.165) is 37.6 Å². The van der Waals surface area contributed by atoms with E-state index >= 15 is 0 Å². The number of pyridine rings is 1. The predicted molar refractivity (Wildman–Crippen MR) is 72.1 cm³/mol. The second-order valence-corrected chi connectivity index (χ2v) is 5.89. The monoisotopic (exact) mass is 266 g/mol. The van der Waals surface area contributed by atoms with Crippen molar-refractivity contribution in [2.75, 3.05) is 6.54 Å². The lowest BCUT2D eigenvalue weighted by molar-refractivity contribution is -0.0145. The molecule has 0 unspecified atom stereocenters. The minimum absolute atomic E-state index is 0.0221. The summed E-state index contributed by atoms with van der Waals surface area (Å²) in [5, 5.41) is 4.19. The Morgan fingerprint density at radius 3 is 2.83 bits per heavy atom. The number of nitrogens with zero attached hydrogens (tertiary/aromatic N) is 1. The summed E-state index contributed by atoms with van der Waals surface area (Å²) in [6, 6.07) is 2.62. The molecule has 2 fully saturated rings. The summed E-state index contributed by atoms with van der Waals surface area (Å²) in [6.07, 6.45) is 10.7. The summed E-state index contributed by atoms with van der Waals surface area (Å²) in [4.78, 5) is 4.07. The van der Waals surface area contributed by atoms with E-state index in [1.54, 1.807) is 12.4 Å². The van der Waals surface area contributed by atoms with Crippen LogP contribution in [0.1, 0.15) is 38.5 Å². The lowest BCUT2D eigenvalue weighted by Crippen LogP contribution is -2.45. The van der Waals surface area contributed by atoms with E-state index in [1.165, 1.54) is 19.3 Å². The van der Waals surface area contributed by atoms with E-state index in [0.29, 0.717) is 5.02 Å². The molecular weight excluding hydrogens is 248 g/mol. The maximum Gasteiger partial charge on any atom is 0.139 e. The quantitative estimate of drug-likeness (QED) is 0.859. The fraction of sp³-hybridized carbons (Fsp3) is 0.643. The van der Waals surface area contributed by atoms with Crippen LogP contribution in [0.4, 0.5) is 0 Å². The summed E-state index contributed by atoms with van der Waals surface area (Å²) >= 11 is 5.93. The Kier molecular flexibility index (Phi) is 3.44. The maximum absolute atomic E-state index is 6.13. The fourth-order valence-electron chi connectivity index (χ4n) is 2.46. The van der Waals surface area contributed by atoms with Gasteiger partial charge in [0.15, 0.2) is 0 Å². The van der Waals surface area contributed by atoms with Gasteiger partial charge in [0.2, 0.25) is 0 Å². The highest BCUT2D eigenvalue weighted by atomic mass is 35.5. The van der Waals surface area contributed by atoms with Crippen molar-refractivity contribution in [2.45, 2.75) is 50.2 Å². The maximum atomic E-state index is 6.13. The largest absolute Gasteiger partial charge is 0.486 e. The van der Waals surface area contributed by atoms with Crippen molar-refractivity contribution < 1.29 is 4.74 Å². The molecule has 0 spiro atoms. The third-order valence-electron chi connectivity index (χ3n) is 3.87. The second kappa shape index (κ2) is 5.06. The zero-order valence-corrected chi connectivity index (χ0v) is 11.2. The molecule has 2 saturated carbocycles. The van der Waals surface area contributed by atoms with Gasteiger partial charge in [0.1, 0.15) is 11.4 Å². The van der Waals surface area contributed by atoms with Gasteiger partial charge in [0.05, 0.1) is 11.2 Å². The van der Waals surface area contributed by atoms with E-state index in [4.69, 9.17) is 16.3 Å². The third kappa shape index (κ3) is 2.96. The molecule has 4 heteroatoms. The number of nitrogens with one attached hydrogen (secondary N) is 1. The topological polar surface area (TPSA) is 34.1 Å². The Morgan fingerprint density at radius 2 is 2.22 bits per heavy atom. The Labute approximate surface area is 113 Å². The predicted octanol–water partition coefficient (Wildman–Crippen LogP) is 3.18. The summed E-state index contributed by atoms with van der Waals surface area (Å²) in [7, 11) is 0. The molecule has 0 amide bonds. The summed E-state index contributed by atoms with van der Waals surface area (Å²) < 4.78 is 6.13. The van der Waals surface area contributed by atoms with E-state index < -0.39 is 0 Å². The first kappa shape index (κ1) is 12.2. The van der Waals surface area contributed by atoms with Gasteiger partial charge in [-0.05, 0) is 45.1 Å². The normalized spacial score (nSPS) is 21.4. The highest BCUT2D eigenvalue weighted by Crippen LogP contribution is 2.39. The Bertz CT molecular complexity index is 416. The van der Waals surface area contributed by atoms with Crippen molar-refractivity contribution in [3.8, 4) is 5.75 Å². The van der Waals surface area contributed by atoms with E-state index in [1.807, 2.05) is 6.07 Å². The van der Waals surface area contributed by atoms with E-state index in [-0.39, 0.29) is 5.60 Å². The molecule has 0 aliphatic heterocycles. The molecule has 0 saturated heterocycles. The SMILES string of the molecule is Clc1cncc(OC2(CCNC3CC3)CCC2)c1. The van der Waals surface area contributed by atoms with Gasteiger partial charge in [-0.25, -0.2) is 0 Å². The Hall–Kier alpha value is -0.800. The van der Waals surface area contributed by atoms with Crippen LogP contribution in [0.15, 0.2) is 18.5 Å². The van der Waals surface area contributed by atoms with Crippen molar-refractivity contribution in [1.29, 1.82) is 0 Å². The molecule has 1 aromatic heterocycles. The minimum Gasteiger partial charge on any atom is -0.486 e. The van der Waals surface area contributed by atoms with Crippen LogP contribution >= 0.6 is 11.6 Å². The molecule has 98 valence electrons. The molecule has 2 aliphatic rings. The first-order chi connectivity index (χ1) is 8.76. The molecule has 0 atom stereocenters. The first-order valence-electron chi connectivity index (χ1n) is 6.79. The molecular formula is C14H19ClN2O. The van der Waals surface area contributed by atoms with Gasteiger partial charge in [-0.1, -0.05) is 11.6 Å². The molecule has 1 heterocycles. The molecule has 1 N–H and O–H groups in total. The molecule has 1 aromatic rings. The lowest BCUT2D eigenvalue weighted by atomic mass is 9.77. The van der Waals surface area contributed by atoms with Crippen molar-refractivity contribution in [2.24, 2.45) is 0 Å². The smallest absolute Gasteiger partial charge is 0.139 e. The van der Waals surface area contributed by atoms with Crippen LogP contribution in [0.25, 0.3) is 0 Å². The van der Waals surface area contributed by atoms with Crippen LogP contribution in [0.2, 0.25) is 5.02 Å². The molecule has 0 radical (unpaired) electrons. The lowest BCUT2D eigenvalue weighted by Gasteiger charge is -2.42. The van der Waals surface area contributed by atoms with Gasteiger partial charge in [0.25, 0.3) is 0 Å². The van der Waals surface area contributed by atoms with Gasteiger partial charge >= 0.3 is 0 Å². The summed E-state index contributed by atoms with van der Waals surface area (Å²) in [6.45, 7) is 1.05. The number of hydrogen-bond donors (Lipinski definition) is 1. The summed E-state index contributed by atoms with van der Waals surface area (Å²) in [5.41, 5.74) is 0.0221. The standard InChI is InChI=1S/C14H19ClN2O/c15-11-8-13(10-16-9-11)18-14(4-1-5-14)6-7-17-12-2-3-12/h8-10,12,17H,1-7H2. The van der Waals surface area contributed by atoms with Crippen molar-refractivity contribution in [3.05, 3.63) is 23.5 Å². The average molecular weight is 267 g/mol. The van der Waals surface area contributed by atoms with Crippen LogP contribution in [0.3, 0.4) is 0 Å². The van der Waals surface area contributed by atoms with Crippen molar-refractivity contribution in [1.82, 2.24) is 10.3 Å². The minimum atomic E-state index is 0.0221. The number of ether oxygens (including phenoxy) is 1. The van der Waals surface area contributed by atoms with E-state index in [2.05, 4.69) is 10.3 Å². The Morgan fingerprint density at radius 1 is 1.39 bits per heavy atom. The number of rotatable bonds is 6. The fourth-order valence-corrected chi connectivity index (χ4v) is 2.63. The Balaban J connectivity index is 1.56. The molecule has 2 aliphatic carbocycles. The molecule has 3 rings (SSSR count). The zero-order chi connectivity index (χ0) is 12.4. The van der Waals surface area contributed by atoms with Crippen LogP contribution in [0, 0.1) is 0 Å². The van der Waals surface area contributed by atoms with Gasteiger partial charge in [-0.2, -0.15) is 0 Å². The molecule has 0 bridgehead atoms. The number of hydrogen-bond acceptors (Lipinski definition) is 3. The number of aromatic nitrogens is 1. The van der Waals surface area contributed by atoms with Gasteiger partial charge in [-0.3, -0.25) is 4.98 Å². The first-order valence-corrected chi connectivity index (χ1v) is 7.17. The van der Waals surface area contributed by atoms with Crippen LogP contribution in [-0.2, 0) is 0 Å². The highest BCUT2D eigenvalue weighted by molar-refractivity contribution is 6.30. The molecule has 0 aromatic carbocycles. The van der Waals surface area contributed by atoms with Gasteiger partial charge < -0.3 is 10.1 Å². The van der Waals surface area contributed by atoms with Gasteiger partial charge in [-0.15, -0.1) is 0 Å². The van der Waals surface area contributed by atoms with Gasteiger partial charge in [0, 0.05) is 18.3 Å². The second-order valence-electron chi connectivity index (χ2n) is 5.46. The van der Waals surface area contributed by atoms with Crippen LogP contribution < -0.4 is 10.1 Å².